The highest BCUT2D eigenvalue weighted by molar-refractivity contribution is 5.92. The Morgan fingerprint density at radius 1 is 0.438 bits per heavy atom. The molecule has 0 aliphatic carbocycles. The summed E-state index contributed by atoms with van der Waals surface area (Å²) in [6.07, 6.45) is -11.2. The first-order chi connectivity index (χ1) is 37.3. The predicted molar refractivity (Wildman–Crippen MR) is 265 cm³/mol. The van der Waals surface area contributed by atoms with Crippen molar-refractivity contribution in [2.75, 3.05) is 26.9 Å². The van der Waals surface area contributed by atoms with Gasteiger partial charge in [0.2, 0.25) is 35.4 Å². The topological polar surface area (TPSA) is 350 Å². The minimum absolute atomic E-state index is 0.211. The fraction of sp³-hybridized carbons (Fsp3) is 0.843. The summed E-state index contributed by atoms with van der Waals surface area (Å²) in [7, 11) is 1.18. The molecule has 0 saturated carbocycles. The van der Waals surface area contributed by atoms with Gasteiger partial charge in [-0.05, 0) is 90.0 Å². The van der Waals surface area contributed by atoms with Crippen LogP contribution in [0.1, 0.15) is 90.0 Å². The van der Waals surface area contributed by atoms with Crippen molar-refractivity contribution in [3.8, 4) is 0 Å². The Morgan fingerprint density at radius 2 is 0.738 bits per heavy atom. The highest BCUT2D eigenvalue weighted by atomic mass is 16.9. The zero-order chi connectivity index (χ0) is 58.3. The van der Waals surface area contributed by atoms with Gasteiger partial charge in [-0.3, -0.25) is 28.8 Å². The number of fused-ring (bicyclic) bond motifs is 9. The van der Waals surface area contributed by atoms with Crippen molar-refractivity contribution in [3.05, 3.63) is 0 Å². The SMILES string of the molecule is COC(=O)[C@H](C)NC(=O)[C@H]1CO[C@H]2[C@H](O[C@@H]3OC(C)(C)O[C@@H]32)[C@H]1NC(=O)[C@H](C)NC(=O)[C@H]1CO[C@H]2[C@H](O[C@@H]3OC(C)(C)O[C@@H]32)[C@H]1NC(=O)[C@H](C)NC(=O)[C@H]1CO[C@H]2[C@H](O[C@@H]3OC(C)(C)O[C@@H]32)[C@H]1NC(=O)[C@H](C)NC(=O)OC(C)(C)C. The molecule has 0 aromatic carbocycles. The molecular weight excluding hydrogens is 1060 g/mol. The van der Waals surface area contributed by atoms with Crippen LogP contribution in [0, 0.1) is 17.8 Å². The fourth-order valence-electron chi connectivity index (χ4n) is 11.6. The van der Waals surface area contributed by atoms with Gasteiger partial charge in [-0.2, -0.15) is 0 Å². The Balaban J connectivity index is 0.889. The maximum Gasteiger partial charge on any atom is 0.408 e. The summed E-state index contributed by atoms with van der Waals surface area (Å²) in [5.41, 5.74) is -0.848. The normalized spacial score (nSPS) is 39.1. The van der Waals surface area contributed by atoms with Crippen LogP contribution in [0.5, 0.6) is 0 Å². The number of amides is 7. The molecule has 9 fully saturated rings. The summed E-state index contributed by atoms with van der Waals surface area (Å²) in [5, 5.41) is 19.2. The van der Waals surface area contributed by atoms with E-state index in [0.717, 1.165) is 0 Å². The van der Waals surface area contributed by atoms with E-state index in [4.69, 9.17) is 66.3 Å². The minimum Gasteiger partial charge on any atom is -0.467 e. The fourth-order valence-corrected chi connectivity index (χ4v) is 11.6. The summed E-state index contributed by atoms with van der Waals surface area (Å²) in [6, 6.07) is -8.11. The largest absolute Gasteiger partial charge is 0.467 e. The molecule has 0 aromatic heterocycles. The smallest absolute Gasteiger partial charge is 0.408 e. The van der Waals surface area contributed by atoms with Crippen molar-refractivity contribution < 1.29 is 105 Å². The first-order valence-electron chi connectivity index (χ1n) is 27.1. The van der Waals surface area contributed by atoms with E-state index in [0.29, 0.717) is 0 Å². The maximum atomic E-state index is 14.5. The lowest BCUT2D eigenvalue weighted by Gasteiger charge is -2.41. The van der Waals surface area contributed by atoms with Crippen molar-refractivity contribution in [2.45, 2.75) is 229 Å². The number of hydrogen-bond donors (Lipinski definition) is 7. The standard InChI is InChI=1S/C51H77N7O22/c1-18(53-41(63)23-16-69-32-29(72-45-35(32)75-50(10,11)78-45)26(23)58-39(61)20(3)55-47(66)80-48(5,6)7)37(59)56-25-22(15-68-31-28(25)71-44-34(31)74-49(8,9)77-44)40(62)52-19(2)38(60)57-27-24(42(64)54-21(4)43(65)67-14)17-70-33-30(27)73-46-36(33)76-51(12,13)79-46/h18-36,44-46H,15-17H2,1-14H3,(H,52,62)(H,53,63)(H,54,64)(H,55,66)(H,56,59)(H,57,60)(H,58,61)/t18-,19-,20-,21-,22-,23-,24-,25-,26-,27-,28+,29+,30+,31-,32-,33-,34+,35+,36+,44+,45+,46+/m0/s1. The summed E-state index contributed by atoms with van der Waals surface area (Å²) in [6.45, 7) is 20.2. The van der Waals surface area contributed by atoms with Gasteiger partial charge < -0.3 is 104 Å². The Kier molecular flexibility index (Phi) is 16.7. The number of alkyl carbamates (subject to hydrolysis) is 1. The quantitative estimate of drug-likeness (QED) is 0.0901. The Morgan fingerprint density at radius 3 is 1.04 bits per heavy atom. The third-order valence-electron chi connectivity index (χ3n) is 15.3. The lowest BCUT2D eigenvalue weighted by atomic mass is 9.87. The van der Waals surface area contributed by atoms with E-state index in [1.807, 2.05) is 0 Å². The number of esters is 1. The van der Waals surface area contributed by atoms with Gasteiger partial charge in [0.25, 0.3) is 0 Å². The Hall–Kier alpha value is -4.92. The lowest BCUT2D eigenvalue weighted by Crippen LogP contribution is -2.66. The van der Waals surface area contributed by atoms with Crippen LogP contribution in [0.3, 0.4) is 0 Å². The molecule has 7 N–H and O–H groups in total. The summed E-state index contributed by atoms with van der Waals surface area (Å²) >= 11 is 0. The average Bonchev–Trinajstić information content (AvgIpc) is 4.38. The van der Waals surface area contributed by atoms with Gasteiger partial charge in [-0.1, -0.05) is 0 Å². The third-order valence-corrected chi connectivity index (χ3v) is 15.3. The molecule has 29 heteroatoms. The molecule has 7 amide bonds. The molecule has 29 nitrogen and oxygen atoms in total. The number of nitrogens with one attached hydrogen (secondary N) is 7. The summed E-state index contributed by atoms with van der Waals surface area (Å²) < 4.78 is 83.7. The van der Waals surface area contributed by atoms with E-state index in [1.165, 1.54) is 34.8 Å². The molecule has 9 heterocycles. The minimum atomic E-state index is -1.30. The zero-order valence-electron chi connectivity index (χ0n) is 47.3. The molecule has 0 spiro atoms. The van der Waals surface area contributed by atoms with Crippen LogP contribution in [0.25, 0.3) is 0 Å². The van der Waals surface area contributed by atoms with E-state index in [2.05, 4.69) is 37.2 Å². The van der Waals surface area contributed by atoms with Gasteiger partial charge in [0.05, 0.1) is 62.8 Å². The van der Waals surface area contributed by atoms with E-state index in [-0.39, 0.29) is 19.8 Å². The molecule has 22 atom stereocenters. The second-order valence-electron chi connectivity index (χ2n) is 24.1. The van der Waals surface area contributed by atoms with Gasteiger partial charge in [-0.15, -0.1) is 0 Å². The van der Waals surface area contributed by atoms with Crippen molar-refractivity contribution in [1.29, 1.82) is 0 Å². The van der Waals surface area contributed by atoms with E-state index in [1.54, 1.807) is 62.3 Å². The molecular formula is C51H77N7O22. The number of rotatable bonds is 14. The first-order valence-corrected chi connectivity index (χ1v) is 27.1. The monoisotopic (exact) mass is 1140 g/mol. The molecule has 0 radical (unpaired) electrons. The van der Waals surface area contributed by atoms with Crippen LogP contribution in [0.2, 0.25) is 0 Å². The van der Waals surface area contributed by atoms with E-state index < -0.39 is 204 Å². The number of carbonyl (C=O) groups excluding carboxylic acids is 8. The van der Waals surface area contributed by atoms with Crippen LogP contribution < -0.4 is 37.2 Å². The highest BCUT2D eigenvalue weighted by Crippen LogP contribution is 2.46. The molecule has 0 aromatic rings. The molecule has 9 saturated heterocycles. The number of methoxy groups -OCH3 is 1. The van der Waals surface area contributed by atoms with Crippen LogP contribution >= 0.6 is 0 Å². The van der Waals surface area contributed by atoms with Gasteiger partial charge in [0, 0.05) is 0 Å². The van der Waals surface area contributed by atoms with Gasteiger partial charge in [0.15, 0.2) is 36.2 Å². The third kappa shape index (κ3) is 12.4. The van der Waals surface area contributed by atoms with Crippen molar-refractivity contribution in [1.82, 2.24) is 37.2 Å². The molecule has 80 heavy (non-hydrogen) atoms. The first kappa shape index (κ1) is 59.7. The molecule has 0 bridgehead atoms. The highest BCUT2D eigenvalue weighted by Gasteiger charge is 2.64. The van der Waals surface area contributed by atoms with Crippen molar-refractivity contribution >= 4 is 47.5 Å². The van der Waals surface area contributed by atoms with Crippen molar-refractivity contribution in [2.24, 2.45) is 17.8 Å². The molecule has 9 aliphatic rings. The zero-order valence-corrected chi connectivity index (χ0v) is 47.3. The number of carbonyl (C=O) groups is 8. The molecule has 0 unspecified atom stereocenters. The number of ether oxygens (including phenoxy) is 14. The lowest BCUT2D eigenvalue weighted by molar-refractivity contribution is -0.233. The molecule has 9 rings (SSSR count). The van der Waals surface area contributed by atoms with Crippen LogP contribution in [-0.2, 0) is 99.9 Å². The van der Waals surface area contributed by atoms with Gasteiger partial charge >= 0.3 is 12.1 Å². The van der Waals surface area contributed by atoms with Crippen molar-refractivity contribution in [3.63, 3.8) is 0 Å². The Labute approximate surface area is 462 Å². The molecule has 448 valence electrons. The van der Waals surface area contributed by atoms with Crippen LogP contribution in [-0.4, -0.2) is 213 Å². The van der Waals surface area contributed by atoms with Crippen LogP contribution in [0.4, 0.5) is 4.79 Å². The van der Waals surface area contributed by atoms with Gasteiger partial charge in [0.1, 0.15) is 84.7 Å². The van der Waals surface area contributed by atoms with E-state index >= 15 is 0 Å². The van der Waals surface area contributed by atoms with Crippen LogP contribution in [0.15, 0.2) is 0 Å². The van der Waals surface area contributed by atoms with E-state index in [9.17, 15) is 38.4 Å². The van der Waals surface area contributed by atoms with Gasteiger partial charge in [-0.25, -0.2) is 9.59 Å². The second kappa shape index (κ2) is 22.3. The predicted octanol–water partition coefficient (Wildman–Crippen LogP) is -2.28. The average molecular weight is 1140 g/mol. The number of hydrogen-bond acceptors (Lipinski definition) is 22. The maximum absolute atomic E-state index is 14.5. The summed E-state index contributed by atoms with van der Waals surface area (Å²) in [5.74, 6) is -11.5. The molecule has 9 aliphatic heterocycles. The summed E-state index contributed by atoms with van der Waals surface area (Å²) in [4.78, 5) is 110. The second-order valence-corrected chi connectivity index (χ2v) is 24.1. The Bertz CT molecular complexity index is 2420.